The molecular formula is C14H13Cl2NS. The van der Waals surface area contributed by atoms with E-state index < -0.39 is 0 Å². The van der Waals surface area contributed by atoms with E-state index in [1.54, 1.807) is 11.8 Å². The van der Waals surface area contributed by atoms with Gasteiger partial charge < -0.3 is 5.73 Å². The topological polar surface area (TPSA) is 26.0 Å². The summed E-state index contributed by atoms with van der Waals surface area (Å²) in [6, 6.07) is 13.7. The quantitative estimate of drug-likeness (QED) is 0.889. The predicted molar refractivity (Wildman–Crippen MR) is 79.8 cm³/mol. The minimum absolute atomic E-state index is 0.620. The van der Waals surface area contributed by atoms with Crippen molar-refractivity contribution in [3.05, 3.63) is 58.1 Å². The van der Waals surface area contributed by atoms with Gasteiger partial charge in [0.25, 0.3) is 0 Å². The van der Waals surface area contributed by atoms with Crippen LogP contribution in [-0.2, 0) is 6.42 Å². The highest BCUT2D eigenvalue weighted by Crippen LogP contribution is 2.36. The lowest BCUT2D eigenvalue weighted by Gasteiger charge is -2.10. The normalized spacial score (nSPS) is 10.6. The van der Waals surface area contributed by atoms with Crippen LogP contribution < -0.4 is 5.73 Å². The molecule has 94 valence electrons. The SMILES string of the molecule is NCCc1cccc(Cl)c1Sc1ccc(Cl)cc1. The van der Waals surface area contributed by atoms with E-state index in [9.17, 15) is 0 Å². The highest BCUT2D eigenvalue weighted by Gasteiger charge is 2.08. The highest BCUT2D eigenvalue weighted by molar-refractivity contribution is 7.99. The van der Waals surface area contributed by atoms with Crippen LogP contribution >= 0.6 is 35.0 Å². The Morgan fingerprint density at radius 1 is 1.00 bits per heavy atom. The van der Waals surface area contributed by atoms with Crippen molar-refractivity contribution < 1.29 is 0 Å². The average Bonchev–Trinajstić information content (AvgIpc) is 2.36. The van der Waals surface area contributed by atoms with E-state index in [4.69, 9.17) is 28.9 Å². The maximum absolute atomic E-state index is 6.26. The van der Waals surface area contributed by atoms with Gasteiger partial charge in [0.2, 0.25) is 0 Å². The van der Waals surface area contributed by atoms with Crippen LogP contribution in [0.25, 0.3) is 0 Å². The minimum Gasteiger partial charge on any atom is -0.330 e. The van der Waals surface area contributed by atoms with Gasteiger partial charge in [-0.2, -0.15) is 0 Å². The Bertz CT molecular complexity index is 526. The molecule has 2 aromatic carbocycles. The smallest absolute Gasteiger partial charge is 0.0548 e. The van der Waals surface area contributed by atoms with Crippen molar-refractivity contribution in [3.8, 4) is 0 Å². The molecule has 0 saturated carbocycles. The first-order chi connectivity index (χ1) is 8.70. The Morgan fingerprint density at radius 3 is 2.39 bits per heavy atom. The number of halogens is 2. The van der Waals surface area contributed by atoms with Crippen LogP contribution in [-0.4, -0.2) is 6.54 Å². The molecule has 2 rings (SSSR count). The van der Waals surface area contributed by atoms with Crippen LogP contribution in [0.3, 0.4) is 0 Å². The molecule has 0 aliphatic rings. The fraction of sp³-hybridized carbons (Fsp3) is 0.143. The fourth-order valence-corrected chi connectivity index (χ4v) is 3.05. The zero-order valence-electron chi connectivity index (χ0n) is 9.70. The molecule has 0 amide bonds. The van der Waals surface area contributed by atoms with Gasteiger partial charge in [0.05, 0.1) is 5.02 Å². The molecule has 0 atom stereocenters. The molecule has 0 radical (unpaired) electrons. The number of rotatable bonds is 4. The minimum atomic E-state index is 0.620. The number of nitrogens with two attached hydrogens (primary N) is 1. The molecule has 4 heteroatoms. The maximum Gasteiger partial charge on any atom is 0.0548 e. The van der Waals surface area contributed by atoms with Crippen LogP contribution in [0.15, 0.2) is 52.3 Å². The van der Waals surface area contributed by atoms with Gasteiger partial charge in [0.15, 0.2) is 0 Å². The summed E-state index contributed by atoms with van der Waals surface area (Å²) in [5.41, 5.74) is 6.81. The summed E-state index contributed by atoms with van der Waals surface area (Å²) >= 11 is 13.8. The second-order valence-electron chi connectivity index (χ2n) is 3.82. The van der Waals surface area contributed by atoms with Gasteiger partial charge >= 0.3 is 0 Å². The van der Waals surface area contributed by atoms with Crippen LogP contribution in [0.1, 0.15) is 5.56 Å². The van der Waals surface area contributed by atoms with Crippen molar-refractivity contribution >= 4 is 35.0 Å². The van der Waals surface area contributed by atoms with Gasteiger partial charge in [-0.3, -0.25) is 0 Å². The molecule has 18 heavy (non-hydrogen) atoms. The Kier molecular flexibility index (Phi) is 4.95. The lowest BCUT2D eigenvalue weighted by molar-refractivity contribution is 0.944. The number of hydrogen-bond acceptors (Lipinski definition) is 2. The van der Waals surface area contributed by atoms with E-state index in [0.717, 1.165) is 26.3 Å². The molecule has 0 heterocycles. The first kappa shape index (κ1) is 13.8. The van der Waals surface area contributed by atoms with Crippen molar-refractivity contribution in [1.82, 2.24) is 0 Å². The van der Waals surface area contributed by atoms with E-state index in [0.29, 0.717) is 6.54 Å². The summed E-state index contributed by atoms with van der Waals surface area (Å²) < 4.78 is 0. The third kappa shape index (κ3) is 3.42. The molecule has 2 N–H and O–H groups in total. The maximum atomic E-state index is 6.26. The van der Waals surface area contributed by atoms with E-state index in [1.807, 2.05) is 36.4 Å². The molecule has 1 nitrogen and oxygen atoms in total. The molecule has 0 aromatic heterocycles. The van der Waals surface area contributed by atoms with Gasteiger partial charge in [-0.05, 0) is 48.9 Å². The zero-order valence-corrected chi connectivity index (χ0v) is 12.0. The molecule has 0 aliphatic carbocycles. The molecule has 0 unspecified atom stereocenters. The molecule has 0 bridgehead atoms. The highest BCUT2D eigenvalue weighted by atomic mass is 35.5. The van der Waals surface area contributed by atoms with Crippen LogP contribution in [0.5, 0.6) is 0 Å². The van der Waals surface area contributed by atoms with Crippen LogP contribution in [0, 0.1) is 0 Å². The zero-order chi connectivity index (χ0) is 13.0. The third-order valence-electron chi connectivity index (χ3n) is 2.50. The summed E-state index contributed by atoms with van der Waals surface area (Å²) in [4.78, 5) is 2.19. The van der Waals surface area contributed by atoms with Crippen molar-refractivity contribution in [2.24, 2.45) is 5.73 Å². The van der Waals surface area contributed by atoms with Gasteiger partial charge in [-0.15, -0.1) is 0 Å². The van der Waals surface area contributed by atoms with Gasteiger partial charge in [0.1, 0.15) is 0 Å². The summed E-state index contributed by atoms with van der Waals surface area (Å²) in [6.45, 7) is 0.620. The van der Waals surface area contributed by atoms with E-state index in [2.05, 4.69) is 6.07 Å². The van der Waals surface area contributed by atoms with Crippen LogP contribution in [0.2, 0.25) is 10.0 Å². The van der Waals surface area contributed by atoms with E-state index in [-0.39, 0.29) is 0 Å². The fourth-order valence-electron chi connectivity index (χ4n) is 1.64. The molecule has 0 saturated heterocycles. The summed E-state index contributed by atoms with van der Waals surface area (Å²) in [5, 5.41) is 1.50. The van der Waals surface area contributed by atoms with Crippen molar-refractivity contribution in [1.29, 1.82) is 0 Å². The predicted octanol–water partition coefficient (Wildman–Crippen LogP) is 4.65. The Balaban J connectivity index is 2.30. The Labute approximate surface area is 121 Å². The standard InChI is InChI=1S/C14H13Cl2NS/c15-11-4-6-12(7-5-11)18-14-10(8-9-17)2-1-3-13(14)16/h1-7H,8-9,17H2. The Morgan fingerprint density at radius 2 is 1.72 bits per heavy atom. The van der Waals surface area contributed by atoms with Crippen molar-refractivity contribution in [2.45, 2.75) is 16.2 Å². The monoisotopic (exact) mass is 297 g/mol. The molecular weight excluding hydrogens is 285 g/mol. The second kappa shape index (κ2) is 6.48. The first-order valence-electron chi connectivity index (χ1n) is 5.61. The largest absolute Gasteiger partial charge is 0.330 e. The van der Waals surface area contributed by atoms with Crippen molar-refractivity contribution in [2.75, 3.05) is 6.54 Å². The molecule has 2 aromatic rings. The molecule has 0 fully saturated rings. The molecule has 0 spiro atoms. The second-order valence-corrected chi connectivity index (χ2v) is 5.75. The van der Waals surface area contributed by atoms with Gasteiger partial charge in [-0.25, -0.2) is 0 Å². The lowest BCUT2D eigenvalue weighted by Crippen LogP contribution is -2.03. The first-order valence-corrected chi connectivity index (χ1v) is 7.19. The van der Waals surface area contributed by atoms with Gasteiger partial charge in [0, 0.05) is 14.8 Å². The Hall–Kier alpha value is -0.670. The number of benzene rings is 2. The summed E-state index contributed by atoms with van der Waals surface area (Å²) in [5.74, 6) is 0. The van der Waals surface area contributed by atoms with Gasteiger partial charge in [-0.1, -0.05) is 47.1 Å². The van der Waals surface area contributed by atoms with E-state index in [1.165, 1.54) is 5.56 Å². The lowest BCUT2D eigenvalue weighted by atomic mass is 10.1. The number of hydrogen-bond donors (Lipinski definition) is 1. The van der Waals surface area contributed by atoms with Crippen LogP contribution in [0.4, 0.5) is 0 Å². The third-order valence-corrected chi connectivity index (χ3v) is 4.37. The summed E-state index contributed by atoms with van der Waals surface area (Å²) in [7, 11) is 0. The summed E-state index contributed by atoms with van der Waals surface area (Å²) in [6.07, 6.45) is 0.830. The van der Waals surface area contributed by atoms with E-state index >= 15 is 0 Å². The van der Waals surface area contributed by atoms with Crippen molar-refractivity contribution in [3.63, 3.8) is 0 Å². The average molecular weight is 298 g/mol. The molecule has 0 aliphatic heterocycles.